The number of pyridine rings is 1. The van der Waals surface area contributed by atoms with E-state index in [1.807, 2.05) is 30.1 Å². The molecule has 1 amide bonds. The molecule has 50 heavy (non-hydrogen) atoms. The van der Waals surface area contributed by atoms with E-state index in [1.54, 1.807) is 16.7 Å². The Morgan fingerprint density at radius 2 is 1.86 bits per heavy atom. The topological polar surface area (TPSA) is 113 Å². The molecule has 2 N–H and O–H groups in total. The predicted octanol–water partition coefficient (Wildman–Crippen LogP) is 5.13. The molecule has 16 heteroatoms. The smallest absolute Gasteiger partial charge is 0.422 e. The molecule has 2 aliphatic heterocycles. The number of hydrogen-bond donors (Lipinski definition) is 2. The van der Waals surface area contributed by atoms with Crippen LogP contribution in [0.25, 0.3) is 16.7 Å². The molecular weight excluding hydrogens is 658 g/mol. The first-order valence-corrected chi connectivity index (χ1v) is 16.3. The molecule has 12 nitrogen and oxygen atoms in total. The number of carbonyl (C=O) groups excluding carboxylic acids is 1. The maximum Gasteiger partial charge on any atom is 0.422 e. The number of nitrogens with zero attached hydrogens (tertiary/aromatic N) is 7. The van der Waals surface area contributed by atoms with Crippen molar-refractivity contribution in [3.8, 4) is 11.7 Å². The molecule has 0 spiro atoms. The number of piperidine rings is 1. The Morgan fingerprint density at radius 3 is 2.56 bits per heavy atom. The van der Waals surface area contributed by atoms with Crippen molar-refractivity contribution in [2.75, 3.05) is 75.6 Å². The maximum absolute atomic E-state index is 14.4. The van der Waals surface area contributed by atoms with Gasteiger partial charge in [0, 0.05) is 56.5 Å². The Labute approximate surface area is 286 Å². The average Bonchev–Trinajstić information content (AvgIpc) is 3.44. The monoisotopic (exact) mass is 697 g/mol. The van der Waals surface area contributed by atoms with Gasteiger partial charge in [-0.3, -0.25) is 9.69 Å². The summed E-state index contributed by atoms with van der Waals surface area (Å²) >= 11 is 0. The molecule has 0 radical (unpaired) electrons. The van der Waals surface area contributed by atoms with Gasteiger partial charge in [-0.25, -0.2) is 9.37 Å². The Kier molecular flexibility index (Phi) is 10.5. The number of rotatable bonds is 11. The standard InChI is InChI=1S/C34H39F4N9O3/c1-4-30(48)40-26-18-27(32(50-21-34(36,37)38)43-31(26)46-11-8-24(9-12-46)45-13-15-49-16-14-45)41-33-39-10-7-29(42-33)47-20-22(19-44(2)3)25-6-5-23(35)17-28(25)47/h4-7,10,17-18,20,24H,1,8-9,11-16,19,21H2,2-3H3,(H,40,48)(H,39,41,42). The number of anilines is 4. The highest BCUT2D eigenvalue weighted by atomic mass is 19.4. The molecule has 3 aromatic heterocycles. The SMILES string of the molecule is C=CC(=O)Nc1cc(Nc2nccc(-n3cc(CN(C)C)c4ccc(F)cc43)n2)c(OCC(F)(F)F)nc1N1CCC(N2CCOCC2)CC1. The van der Waals surface area contributed by atoms with Crippen LogP contribution >= 0.6 is 0 Å². The van der Waals surface area contributed by atoms with Crippen molar-refractivity contribution < 1.29 is 31.8 Å². The molecule has 2 saturated heterocycles. The summed E-state index contributed by atoms with van der Waals surface area (Å²) in [5.41, 5.74) is 1.77. The summed E-state index contributed by atoms with van der Waals surface area (Å²) in [5, 5.41) is 6.53. The lowest BCUT2D eigenvalue weighted by Crippen LogP contribution is -2.49. The number of benzene rings is 1. The molecule has 5 heterocycles. The average molecular weight is 698 g/mol. The van der Waals surface area contributed by atoms with E-state index in [1.165, 1.54) is 24.4 Å². The molecule has 1 aromatic carbocycles. The van der Waals surface area contributed by atoms with Gasteiger partial charge in [0.05, 0.1) is 24.4 Å². The van der Waals surface area contributed by atoms with Gasteiger partial charge >= 0.3 is 6.18 Å². The van der Waals surface area contributed by atoms with E-state index in [0.29, 0.717) is 50.2 Å². The van der Waals surface area contributed by atoms with Gasteiger partial charge < -0.3 is 34.5 Å². The second-order valence-corrected chi connectivity index (χ2v) is 12.5. The Hall–Kier alpha value is -4.80. The Morgan fingerprint density at radius 1 is 1.10 bits per heavy atom. The highest BCUT2D eigenvalue weighted by molar-refractivity contribution is 6.01. The van der Waals surface area contributed by atoms with Crippen LogP contribution in [0.2, 0.25) is 0 Å². The molecular formula is C34H39F4N9O3. The largest absolute Gasteiger partial charge is 0.466 e. The van der Waals surface area contributed by atoms with Crippen LogP contribution in [0.15, 0.2) is 55.4 Å². The van der Waals surface area contributed by atoms with Gasteiger partial charge in [0.15, 0.2) is 12.4 Å². The molecule has 0 atom stereocenters. The first kappa shape index (κ1) is 35.0. The third-order valence-electron chi connectivity index (χ3n) is 8.58. The minimum Gasteiger partial charge on any atom is -0.466 e. The third kappa shape index (κ3) is 8.31. The first-order valence-electron chi connectivity index (χ1n) is 16.3. The fourth-order valence-corrected chi connectivity index (χ4v) is 6.33. The molecule has 266 valence electrons. The third-order valence-corrected chi connectivity index (χ3v) is 8.58. The molecule has 0 saturated carbocycles. The normalized spacial score (nSPS) is 16.2. The number of amides is 1. The van der Waals surface area contributed by atoms with E-state index < -0.39 is 24.5 Å². The lowest BCUT2D eigenvalue weighted by Gasteiger charge is -2.40. The number of nitrogens with one attached hydrogen (secondary N) is 2. The quantitative estimate of drug-likeness (QED) is 0.162. The fourth-order valence-electron chi connectivity index (χ4n) is 6.33. The van der Waals surface area contributed by atoms with Gasteiger partial charge in [-0.1, -0.05) is 6.58 Å². The van der Waals surface area contributed by atoms with Crippen LogP contribution in [0, 0.1) is 5.82 Å². The number of alkyl halides is 3. The summed E-state index contributed by atoms with van der Waals surface area (Å²) in [6.45, 7) is 6.69. The highest BCUT2D eigenvalue weighted by Gasteiger charge is 2.32. The van der Waals surface area contributed by atoms with Gasteiger partial charge in [0.1, 0.15) is 17.3 Å². The summed E-state index contributed by atoms with van der Waals surface area (Å²) in [6.07, 6.45) is 1.37. The Bertz CT molecular complexity index is 1830. The van der Waals surface area contributed by atoms with Crippen LogP contribution < -0.4 is 20.3 Å². The van der Waals surface area contributed by atoms with Gasteiger partial charge in [0.25, 0.3) is 0 Å². The summed E-state index contributed by atoms with van der Waals surface area (Å²) in [4.78, 5) is 32.3. The van der Waals surface area contributed by atoms with Crippen LogP contribution in [0.1, 0.15) is 18.4 Å². The molecule has 0 unspecified atom stereocenters. The van der Waals surface area contributed by atoms with E-state index in [0.717, 1.165) is 43.0 Å². The van der Waals surface area contributed by atoms with Crippen molar-refractivity contribution in [3.63, 3.8) is 0 Å². The lowest BCUT2D eigenvalue weighted by atomic mass is 10.0. The Balaban J connectivity index is 1.34. The van der Waals surface area contributed by atoms with E-state index in [9.17, 15) is 22.4 Å². The van der Waals surface area contributed by atoms with Crippen LogP contribution in [0.4, 0.5) is 40.7 Å². The lowest BCUT2D eigenvalue weighted by molar-refractivity contribution is -0.153. The molecule has 2 aliphatic rings. The first-order chi connectivity index (χ1) is 24.0. The van der Waals surface area contributed by atoms with Gasteiger partial charge in [-0.15, -0.1) is 0 Å². The summed E-state index contributed by atoms with van der Waals surface area (Å²) in [7, 11) is 3.85. The van der Waals surface area contributed by atoms with Crippen molar-refractivity contribution in [1.82, 2.24) is 29.3 Å². The minimum absolute atomic E-state index is 0.00517. The number of aromatic nitrogens is 4. The zero-order chi connectivity index (χ0) is 35.4. The molecule has 6 rings (SSSR count). The van der Waals surface area contributed by atoms with Crippen LogP contribution in [0.3, 0.4) is 0 Å². The minimum atomic E-state index is -4.64. The summed E-state index contributed by atoms with van der Waals surface area (Å²) in [5.74, 6) is -0.628. The summed E-state index contributed by atoms with van der Waals surface area (Å²) in [6, 6.07) is 7.94. The maximum atomic E-state index is 14.4. The van der Waals surface area contributed by atoms with E-state index in [4.69, 9.17) is 9.47 Å². The number of hydrogen-bond acceptors (Lipinski definition) is 10. The number of ether oxygens (including phenoxy) is 2. The fraction of sp³-hybridized carbons (Fsp3) is 0.412. The molecule has 0 aliphatic carbocycles. The van der Waals surface area contributed by atoms with Crippen LogP contribution in [0.5, 0.6) is 5.88 Å². The van der Waals surface area contributed by atoms with Gasteiger partial charge in [0.2, 0.25) is 17.7 Å². The predicted molar refractivity (Wildman–Crippen MR) is 182 cm³/mol. The molecule has 2 fully saturated rings. The number of fused-ring (bicyclic) bond motifs is 1. The number of carbonyl (C=O) groups is 1. The van der Waals surface area contributed by atoms with Crippen molar-refractivity contribution in [2.45, 2.75) is 31.6 Å². The van der Waals surface area contributed by atoms with Crippen molar-refractivity contribution in [3.05, 3.63) is 66.8 Å². The van der Waals surface area contributed by atoms with Crippen molar-refractivity contribution >= 4 is 40.0 Å². The van der Waals surface area contributed by atoms with E-state index >= 15 is 0 Å². The van der Waals surface area contributed by atoms with Crippen molar-refractivity contribution in [2.24, 2.45) is 0 Å². The summed E-state index contributed by atoms with van der Waals surface area (Å²) < 4.78 is 67.1. The van der Waals surface area contributed by atoms with Crippen LogP contribution in [-0.2, 0) is 16.1 Å². The second-order valence-electron chi connectivity index (χ2n) is 12.5. The zero-order valence-electron chi connectivity index (χ0n) is 27.8. The van der Waals surface area contributed by atoms with Crippen molar-refractivity contribution in [1.29, 1.82) is 0 Å². The number of morpholine rings is 1. The molecule has 4 aromatic rings. The highest BCUT2D eigenvalue weighted by Crippen LogP contribution is 2.37. The zero-order valence-corrected chi connectivity index (χ0v) is 27.8. The van der Waals surface area contributed by atoms with E-state index in [2.05, 4.69) is 37.1 Å². The van der Waals surface area contributed by atoms with Gasteiger partial charge in [-0.05, 0) is 68.9 Å². The molecule has 0 bridgehead atoms. The second kappa shape index (κ2) is 15.0. The van der Waals surface area contributed by atoms with Gasteiger partial charge in [-0.2, -0.15) is 23.1 Å². The van der Waals surface area contributed by atoms with Crippen LogP contribution in [-0.4, -0.2) is 108 Å². The number of halogens is 4. The van der Waals surface area contributed by atoms with E-state index in [-0.39, 0.29) is 29.0 Å².